The first-order valence-electron chi connectivity index (χ1n) is 6.52. The molecule has 1 heterocycles. The molecule has 19 heavy (non-hydrogen) atoms. The van der Waals surface area contributed by atoms with Gasteiger partial charge in [0.15, 0.2) is 5.96 Å². The minimum absolute atomic E-state index is 0.668. The van der Waals surface area contributed by atoms with Crippen molar-refractivity contribution >= 4 is 5.96 Å². The number of methoxy groups -OCH3 is 1. The summed E-state index contributed by atoms with van der Waals surface area (Å²) in [5.41, 5.74) is 3.63. The standard InChI is InChI=1S/C13H25N5O/c1-10-12(11(2)18(4)17-10)6-7-15-13(14-3)16-8-9-19-5/h6-9H2,1-5H3,(H2,14,15,16). The summed E-state index contributed by atoms with van der Waals surface area (Å²) in [5, 5.41) is 10.9. The third-order valence-electron chi connectivity index (χ3n) is 3.15. The second kappa shape index (κ2) is 7.78. The van der Waals surface area contributed by atoms with Gasteiger partial charge in [-0.25, -0.2) is 0 Å². The lowest BCUT2D eigenvalue weighted by molar-refractivity contribution is 0.203. The molecule has 2 N–H and O–H groups in total. The Kier molecular flexibility index (Phi) is 6.35. The molecule has 0 atom stereocenters. The number of hydrogen-bond donors (Lipinski definition) is 2. The maximum Gasteiger partial charge on any atom is 0.191 e. The predicted octanol–water partition coefficient (Wildman–Crippen LogP) is 0.391. The summed E-state index contributed by atoms with van der Waals surface area (Å²) in [7, 11) is 5.43. The summed E-state index contributed by atoms with van der Waals surface area (Å²) in [5.74, 6) is 0.802. The summed E-state index contributed by atoms with van der Waals surface area (Å²) in [6.07, 6.45) is 0.941. The molecule has 108 valence electrons. The highest BCUT2D eigenvalue weighted by molar-refractivity contribution is 5.79. The Labute approximate surface area is 115 Å². The molecule has 0 aromatic carbocycles. The number of ether oxygens (including phenoxy) is 1. The molecular weight excluding hydrogens is 242 g/mol. The highest BCUT2D eigenvalue weighted by Gasteiger charge is 2.08. The fourth-order valence-corrected chi connectivity index (χ4v) is 1.98. The van der Waals surface area contributed by atoms with Crippen molar-refractivity contribution in [3.05, 3.63) is 17.0 Å². The van der Waals surface area contributed by atoms with Gasteiger partial charge in [0.05, 0.1) is 12.3 Å². The Bertz CT molecular complexity index is 425. The summed E-state index contributed by atoms with van der Waals surface area (Å²) in [6, 6.07) is 0. The zero-order chi connectivity index (χ0) is 14.3. The van der Waals surface area contributed by atoms with Crippen molar-refractivity contribution < 1.29 is 4.74 Å². The molecule has 0 saturated carbocycles. The van der Waals surface area contributed by atoms with Gasteiger partial charge in [0.2, 0.25) is 0 Å². The van der Waals surface area contributed by atoms with Gasteiger partial charge in [-0.15, -0.1) is 0 Å². The van der Waals surface area contributed by atoms with Gasteiger partial charge < -0.3 is 15.4 Å². The third kappa shape index (κ3) is 4.55. The van der Waals surface area contributed by atoms with E-state index in [4.69, 9.17) is 4.74 Å². The highest BCUT2D eigenvalue weighted by atomic mass is 16.5. The van der Waals surface area contributed by atoms with Crippen LogP contribution >= 0.6 is 0 Å². The molecule has 0 bridgehead atoms. The second-order valence-corrected chi connectivity index (χ2v) is 4.44. The van der Waals surface area contributed by atoms with Crippen LogP contribution in [0.15, 0.2) is 4.99 Å². The van der Waals surface area contributed by atoms with Gasteiger partial charge >= 0.3 is 0 Å². The van der Waals surface area contributed by atoms with Gasteiger partial charge in [-0.1, -0.05) is 0 Å². The van der Waals surface area contributed by atoms with Gasteiger partial charge in [0.25, 0.3) is 0 Å². The fourth-order valence-electron chi connectivity index (χ4n) is 1.98. The van der Waals surface area contributed by atoms with Crippen LogP contribution in [-0.2, 0) is 18.2 Å². The second-order valence-electron chi connectivity index (χ2n) is 4.44. The predicted molar refractivity (Wildman–Crippen MR) is 77.6 cm³/mol. The zero-order valence-electron chi connectivity index (χ0n) is 12.6. The van der Waals surface area contributed by atoms with E-state index >= 15 is 0 Å². The smallest absolute Gasteiger partial charge is 0.191 e. The molecule has 0 radical (unpaired) electrons. The molecule has 0 amide bonds. The van der Waals surface area contributed by atoms with Crippen molar-refractivity contribution in [2.24, 2.45) is 12.0 Å². The number of aromatic nitrogens is 2. The van der Waals surface area contributed by atoms with Crippen molar-refractivity contribution in [2.75, 3.05) is 33.9 Å². The van der Waals surface area contributed by atoms with Crippen LogP contribution in [0.2, 0.25) is 0 Å². The van der Waals surface area contributed by atoms with Crippen molar-refractivity contribution in [3.8, 4) is 0 Å². The lowest BCUT2D eigenvalue weighted by Gasteiger charge is -2.11. The average Bonchev–Trinajstić information content (AvgIpc) is 2.63. The van der Waals surface area contributed by atoms with Crippen LogP contribution in [0.4, 0.5) is 0 Å². The molecule has 0 aliphatic rings. The molecule has 6 heteroatoms. The molecule has 0 fully saturated rings. The Morgan fingerprint density at radius 1 is 1.32 bits per heavy atom. The summed E-state index contributed by atoms with van der Waals surface area (Å²) in [4.78, 5) is 4.16. The van der Waals surface area contributed by atoms with Crippen LogP contribution in [0.1, 0.15) is 17.0 Å². The Hall–Kier alpha value is -1.56. The highest BCUT2D eigenvalue weighted by Crippen LogP contribution is 2.11. The third-order valence-corrected chi connectivity index (χ3v) is 3.15. The summed E-state index contributed by atoms with van der Waals surface area (Å²) >= 11 is 0. The normalized spacial score (nSPS) is 11.7. The molecular formula is C13H25N5O. The minimum atomic E-state index is 0.668. The Balaban J connectivity index is 2.40. The number of guanidine groups is 1. The summed E-state index contributed by atoms with van der Waals surface area (Å²) < 4.78 is 6.92. The number of hydrogen-bond acceptors (Lipinski definition) is 3. The van der Waals surface area contributed by atoms with Gasteiger partial charge in [-0.3, -0.25) is 9.67 Å². The topological polar surface area (TPSA) is 63.5 Å². The molecule has 0 spiro atoms. The van der Waals surface area contributed by atoms with E-state index < -0.39 is 0 Å². The van der Waals surface area contributed by atoms with E-state index in [-0.39, 0.29) is 0 Å². The van der Waals surface area contributed by atoms with Crippen molar-refractivity contribution in [2.45, 2.75) is 20.3 Å². The van der Waals surface area contributed by atoms with E-state index in [1.807, 2.05) is 18.7 Å². The maximum absolute atomic E-state index is 4.99. The SMILES string of the molecule is CN=C(NCCOC)NCCc1c(C)nn(C)c1C. The molecule has 0 aliphatic heterocycles. The molecule has 1 aromatic rings. The maximum atomic E-state index is 4.99. The first kappa shape index (κ1) is 15.5. The number of nitrogens with zero attached hydrogens (tertiary/aromatic N) is 3. The first-order valence-corrected chi connectivity index (χ1v) is 6.52. The lowest BCUT2D eigenvalue weighted by atomic mass is 10.1. The van der Waals surface area contributed by atoms with Gasteiger partial charge in [-0.2, -0.15) is 5.10 Å². The van der Waals surface area contributed by atoms with Crippen LogP contribution in [-0.4, -0.2) is 49.6 Å². The van der Waals surface area contributed by atoms with Crippen LogP contribution < -0.4 is 10.6 Å². The van der Waals surface area contributed by atoms with Crippen molar-refractivity contribution in [1.29, 1.82) is 0 Å². The Morgan fingerprint density at radius 3 is 2.53 bits per heavy atom. The average molecular weight is 267 g/mol. The quantitative estimate of drug-likeness (QED) is 0.445. The van der Waals surface area contributed by atoms with E-state index in [9.17, 15) is 0 Å². The molecule has 0 aliphatic carbocycles. The van der Waals surface area contributed by atoms with Crippen LogP contribution in [0.3, 0.4) is 0 Å². The minimum Gasteiger partial charge on any atom is -0.383 e. The molecule has 0 saturated heterocycles. The van der Waals surface area contributed by atoms with Gasteiger partial charge in [0.1, 0.15) is 0 Å². The van der Waals surface area contributed by atoms with Crippen LogP contribution in [0.5, 0.6) is 0 Å². The number of nitrogens with one attached hydrogen (secondary N) is 2. The molecule has 1 aromatic heterocycles. The summed E-state index contributed by atoms with van der Waals surface area (Å²) in [6.45, 7) is 6.40. The Morgan fingerprint density at radius 2 is 2.00 bits per heavy atom. The molecule has 6 nitrogen and oxygen atoms in total. The van der Waals surface area contributed by atoms with Gasteiger partial charge in [-0.05, 0) is 25.8 Å². The van der Waals surface area contributed by atoms with Crippen molar-refractivity contribution in [1.82, 2.24) is 20.4 Å². The van der Waals surface area contributed by atoms with E-state index in [0.29, 0.717) is 6.61 Å². The molecule has 1 rings (SSSR count). The van der Waals surface area contributed by atoms with Crippen LogP contribution in [0.25, 0.3) is 0 Å². The fraction of sp³-hybridized carbons (Fsp3) is 0.692. The van der Waals surface area contributed by atoms with E-state index in [1.54, 1.807) is 14.2 Å². The van der Waals surface area contributed by atoms with Gasteiger partial charge in [0, 0.05) is 40.0 Å². The van der Waals surface area contributed by atoms with Crippen molar-refractivity contribution in [3.63, 3.8) is 0 Å². The number of aryl methyl sites for hydroxylation is 2. The molecule has 0 unspecified atom stereocenters. The first-order chi connectivity index (χ1) is 9.10. The monoisotopic (exact) mass is 267 g/mol. The lowest BCUT2D eigenvalue weighted by Crippen LogP contribution is -2.39. The zero-order valence-corrected chi connectivity index (χ0v) is 12.6. The number of rotatable bonds is 6. The van der Waals surface area contributed by atoms with E-state index in [0.717, 1.165) is 31.2 Å². The van der Waals surface area contributed by atoms with Crippen LogP contribution in [0, 0.1) is 13.8 Å². The number of aliphatic imine (C=N–C) groups is 1. The largest absolute Gasteiger partial charge is 0.383 e. The van der Waals surface area contributed by atoms with E-state index in [1.165, 1.54) is 11.3 Å². The van der Waals surface area contributed by atoms with E-state index in [2.05, 4.69) is 27.6 Å².